The maximum atomic E-state index is 12.3. The molecule has 1 atom stereocenters. The van der Waals surface area contributed by atoms with Crippen molar-refractivity contribution in [1.29, 1.82) is 0 Å². The van der Waals surface area contributed by atoms with Crippen LogP contribution in [0.1, 0.15) is 52.5 Å². The van der Waals surface area contributed by atoms with Gasteiger partial charge in [0, 0.05) is 0 Å². The summed E-state index contributed by atoms with van der Waals surface area (Å²) in [5.41, 5.74) is 1.50. The van der Waals surface area contributed by atoms with Crippen LogP contribution in [0.15, 0.2) is 41.9 Å². The molecule has 3 rings (SSSR count). The highest BCUT2D eigenvalue weighted by atomic mass is 16.7. The summed E-state index contributed by atoms with van der Waals surface area (Å²) in [4.78, 5) is 12.3. The summed E-state index contributed by atoms with van der Waals surface area (Å²) in [7, 11) is -0.300. The summed E-state index contributed by atoms with van der Waals surface area (Å²) in [6.07, 6.45) is 4.37. The minimum Gasteiger partial charge on any atom is -0.461 e. The number of hydrogen-bond acceptors (Lipinski definition) is 4. The van der Waals surface area contributed by atoms with E-state index in [4.69, 9.17) is 14.0 Å². The quantitative estimate of drug-likeness (QED) is 0.611. The second-order valence-corrected chi connectivity index (χ2v) is 7.93. The van der Waals surface area contributed by atoms with Crippen molar-refractivity contribution in [2.45, 2.75) is 64.8 Å². The van der Waals surface area contributed by atoms with Crippen LogP contribution < -0.4 is 0 Å². The van der Waals surface area contributed by atoms with Gasteiger partial charge in [0.05, 0.1) is 17.1 Å². The molecule has 25 heavy (non-hydrogen) atoms. The van der Waals surface area contributed by atoms with Crippen molar-refractivity contribution >= 4 is 13.1 Å². The van der Waals surface area contributed by atoms with Crippen molar-refractivity contribution in [2.75, 3.05) is 0 Å². The van der Waals surface area contributed by atoms with Gasteiger partial charge in [0.25, 0.3) is 0 Å². The van der Waals surface area contributed by atoms with Crippen molar-refractivity contribution in [3.63, 3.8) is 0 Å². The summed E-state index contributed by atoms with van der Waals surface area (Å²) < 4.78 is 17.7. The fourth-order valence-electron chi connectivity index (χ4n) is 3.12. The lowest BCUT2D eigenvalue weighted by molar-refractivity contribution is -0.150. The van der Waals surface area contributed by atoms with Gasteiger partial charge < -0.3 is 14.0 Å². The molecule has 134 valence electrons. The highest BCUT2D eigenvalue weighted by Gasteiger charge is 2.52. The van der Waals surface area contributed by atoms with Gasteiger partial charge in [0.15, 0.2) is 0 Å². The number of allylic oxidation sites excluding steroid dienone is 2. The van der Waals surface area contributed by atoms with Crippen molar-refractivity contribution in [1.82, 2.24) is 0 Å². The number of rotatable bonds is 4. The molecule has 0 aromatic heterocycles. The first kappa shape index (κ1) is 18.2. The third-order valence-electron chi connectivity index (χ3n) is 5.56. The van der Waals surface area contributed by atoms with E-state index < -0.39 is 0 Å². The molecule has 4 nitrogen and oxygen atoms in total. The van der Waals surface area contributed by atoms with Crippen LogP contribution in [0.4, 0.5) is 0 Å². The monoisotopic (exact) mass is 342 g/mol. The van der Waals surface area contributed by atoms with Crippen molar-refractivity contribution < 1.29 is 18.8 Å². The smallest absolute Gasteiger partial charge is 0.461 e. The lowest BCUT2D eigenvalue weighted by Gasteiger charge is -2.32. The molecule has 5 heteroatoms. The molecule has 0 unspecified atom stereocenters. The number of carbonyl (C=O) groups is 1. The van der Waals surface area contributed by atoms with Crippen LogP contribution in [0.5, 0.6) is 0 Å². The Labute approximate surface area is 150 Å². The zero-order valence-corrected chi connectivity index (χ0v) is 15.6. The van der Waals surface area contributed by atoms with Gasteiger partial charge in [-0.3, -0.25) is 4.79 Å². The predicted molar refractivity (Wildman–Crippen MR) is 97.7 cm³/mol. The molecule has 0 N–H and O–H groups in total. The van der Waals surface area contributed by atoms with E-state index >= 15 is 0 Å². The fourth-order valence-corrected chi connectivity index (χ4v) is 3.12. The van der Waals surface area contributed by atoms with Crippen molar-refractivity contribution in [3.05, 3.63) is 47.4 Å². The first-order chi connectivity index (χ1) is 11.8. The van der Waals surface area contributed by atoms with Gasteiger partial charge in [-0.15, -0.1) is 0 Å². The molecule has 1 aromatic carbocycles. The average molecular weight is 342 g/mol. The van der Waals surface area contributed by atoms with Gasteiger partial charge in [-0.1, -0.05) is 36.4 Å². The molecule has 1 aliphatic heterocycles. The Hall–Kier alpha value is -1.59. The Morgan fingerprint density at radius 2 is 1.80 bits per heavy atom. The summed E-state index contributed by atoms with van der Waals surface area (Å²) in [6.45, 7) is 8.56. The number of hydrogen-bond donors (Lipinski definition) is 0. The van der Waals surface area contributed by atoms with E-state index in [1.54, 1.807) is 0 Å². The molecule has 1 aromatic rings. The zero-order chi connectivity index (χ0) is 18.1. The van der Waals surface area contributed by atoms with Gasteiger partial charge in [0.1, 0.15) is 6.61 Å². The van der Waals surface area contributed by atoms with Gasteiger partial charge in [-0.05, 0) is 58.0 Å². The zero-order valence-electron chi connectivity index (χ0n) is 15.6. The van der Waals surface area contributed by atoms with E-state index in [1.807, 2.05) is 30.3 Å². The molecule has 1 heterocycles. The van der Waals surface area contributed by atoms with Gasteiger partial charge >= 0.3 is 13.1 Å². The Kier molecular flexibility index (Phi) is 5.07. The second kappa shape index (κ2) is 6.97. The van der Waals surface area contributed by atoms with E-state index in [9.17, 15) is 4.79 Å². The summed E-state index contributed by atoms with van der Waals surface area (Å²) >= 11 is 0. The normalized spacial score (nSPS) is 24.7. The van der Waals surface area contributed by atoms with Crippen LogP contribution in [0, 0.1) is 5.92 Å². The fraction of sp³-hybridized carbons (Fsp3) is 0.550. The standard InChI is InChI=1S/C20H27BO4/c1-19(2)20(3,4)25-21(24-19)17-12-10-16(11-13-17)18(22)23-14-15-8-6-5-7-9-15/h5-9,12,16H,10-11,13-14H2,1-4H3/t16-/m1/s1. The molecular formula is C20H27BO4. The van der Waals surface area contributed by atoms with E-state index in [-0.39, 0.29) is 30.2 Å². The van der Waals surface area contributed by atoms with Crippen LogP contribution in [-0.2, 0) is 25.4 Å². The van der Waals surface area contributed by atoms with Crippen LogP contribution in [0.3, 0.4) is 0 Å². The SMILES string of the molecule is CC1(C)OB(C2=CC[C@@H](C(=O)OCc3ccccc3)CC2)OC1(C)C. The molecule has 0 saturated carbocycles. The first-order valence-corrected chi connectivity index (χ1v) is 9.04. The van der Waals surface area contributed by atoms with Gasteiger partial charge in [-0.25, -0.2) is 0 Å². The highest BCUT2D eigenvalue weighted by Crippen LogP contribution is 2.40. The number of esters is 1. The third-order valence-corrected chi connectivity index (χ3v) is 5.56. The van der Waals surface area contributed by atoms with E-state index in [0.29, 0.717) is 13.0 Å². The van der Waals surface area contributed by atoms with Crippen LogP contribution in [0.25, 0.3) is 0 Å². The number of ether oxygens (including phenoxy) is 1. The summed E-state index contributed by atoms with van der Waals surface area (Å²) in [6, 6.07) is 9.77. The molecule has 0 bridgehead atoms. The van der Waals surface area contributed by atoms with E-state index in [2.05, 4.69) is 33.8 Å². The lowest BCUT2D eigenvalue weighted by atomic mass is 9.70. The Balaban J connectivity index is 1.53. The molecular weight excluding hydrogens is 315 g/mol. The minimum absolute atomic E-state index is 0.0742. The summed E-state index contributed by atoms with van der Waals surface area (Å²) in [5.74, 6) is -0.192. The number of benzene rings is 1. The second-order valence-electron chi connectivity index (χ2n) is 7.93. The highest BCUT2D eigenvalue weighted by molar-refractivity contribution is 6.54. The average Bonchev–Trinajstić information content (AvgIpc) is 2.81. The van der Waals surface area contributed by atoms with E-state index in [1.165, 1.54) is 0 Å². The minimum atomic E-state index is -0.329. The Bertz CT molecular complexity index is 635. The molecule has 0 spiro atoms. The molecule has 1 fully saturated rings. The van der Waals surface area contributed by atoms with Gasteiger partial charge in [0.2, 0.25) is 0 Å². The molecule has 2 aliphatic rings. The van der Waals surface area contributed by atoms with Crippen molar-refractivity contribution in [2.24, 2.45) is 5.92 Å². The topological polar surface area (TPSA) is 44.8 Å². The predicted octanol–water partition coefficient (Wildman–Crippen LogP) is 4.09. The molecule has 1 saturated heterocycles. The van der Waals surface area contributed by atoms with Crippen LogP contribution in [-0.4, -0.2) is 24.3 Å². The van der Waals surface area contributed by atoms with Crippen LogP contribution in [0.2, 0.25) is 0 Å². The third kappa shape index (κ3) is 3.99. The molecule has 0 radical (unpaired) electrons. The Morgan fingerprint density at radius 3 is 2.36 bits per heavy atom. The Morgan fingerprint density at radius 1 is 1.16 bits per heavy atom. The van der Waals surface area contributed by atoms with E-state index in [0.717, 1.165) is 23.9 Å². The summed E-state index contributed by atoms with van der Waals surface area (Å²) in [5, 5.41) is 0. The molecule has 0 amide bonds. The van der Waals surface area contributed by atoms with Gasteiger partial charge in [-0.2, -0.15) is 0 Å². The molecule has 1 aliphatic carbocycles. The maximum Gasteiger partial charge on any atom is 0.490 e. The maximum absolute atomic E-state index is 12.3. The van der Waals surface area contributed by atoms with Crippen LogP contribution >= 0.6 is 0 Å². The van der Waals surface area contributed by atoms with Crippen molar-refractivity contribution in [3.8, 4) is 0 Å². The largest absolute Gasteiger partial charge is 0.490 e. The number of carbonyl (C=O) groups excluding carboxylic acids is 1. The first-order valence-electron chi connectivity index (χ1n) is 9.04. The lowest BCUT2D eigenvalue weighted by Crippen LogP contribution is -2.41.